The maximum Gasteiger partial charge on any atom is 0.259 e. The van der Waals surface area contributed by atoms with Gasteiger partial charge in [-0.1, -0.05) is 25.4 Å². The maximum absolute atomic E-state index is 13.0. The van der Waals surface area contributed by atoms with Crippen LogP contribution in [0.5, 0.6) is 0 Å². The van der Waals surface area contributed by atoms with Crippen molar-refractivity contribution in [2.24, 2.45) is 0 Å². The Morgan fingerprint density at radius 2 is 1.83 bits per heavy atom. The van der Waals surface area contributed by atoms with Gasteiger partial charge in [-0.2, -0.15) is 5.10 Å². The van der Waals surface area contributed by atoms with Gasteiger partial charge in [0.15, 0.2) is 0 Å². The molecule has 156 valence electrons. The second kappa shape index (κ2) is 8.85. The van der Waals surface area contributed by atoms with Crippen LogP contribution in [-0.2, 0) is 4.74 Å². The first-order chi connectivity index (χ1) is 14.5. The zero-order chi connectivity index (χ0) is 21.1. The van der Waals surface area contributed by atoms with Gasteiger partial charge < -0.3 is 15.0 Å². The lowest BCUT2D eigenvalue weighted by atomic mass is 10.0. The lowest BCUT2D eigenvalue weighted by molar-refractivity contribution is 0.102. The number of ether oxygens (including phenoxy) is 1. The van der Waals surface area contributed by atoms with Crippen molar-refractivity contribution in [2.45, 2.75) is 19.8 Å². The first-order valence-corrected chi connectivity index (χ1v) is 10.3. The Morgan fingerprint density at radius 3 is 2.47 bits per heavy atom. The topological polar surface area (TPSA) is 72.3 Å². The minimum Gasteiger partial charge on any atom is -0.378 e. The molecule has 3 heterocycles. The van der Waals surface area contributed by atoms with Crippen molar-refractivity contribution >= 4 is 29.0 Å². The van der Waals surface area contributed by atoms with Gasteiger partial charge in [-0.3, -0.25) is 4.79 Å². The molecule has 0 bridgehead atoms. The molecule has 30 heavy (non-hydrogen) atoms. The van der Waals surface area contributed by atoms with Gasteiger partial charge in [0, 0.05) is 18.1 Å². The highest BCUT2D eigenvalue weighted by molar-refractivity contribution is 6.30. The number of carbonyl (C=O) groups is 1. The summed E-state index contributed by atoms with van der Waals surface area (Å²) in [5, 5.41) is 8.05. The number of benzene rings is 1. The second-order valence-corrected chi connectivity index (χ2v) is 7.88. The summed E-state index contributed by atoms with van der Waals surface area (Å²) in [5.74, 6) is 0.778. The van der Waals surface area contributed by atoms with Crippen LogP contribution in [0.15, 0.2) is 48.8 Å². The third-order valence-electron chi connectivity index (χ3n) is 5.01. The first kappa shape index (κ1) is 20.4. The number of rotatable bonds is 5. The van der Waals surface area contributed by atoms with Gasteiger partial charge in [-0.25, -0.2) is 9.67 Å². The van der Waals surface area contributed by atoms with Gasteiger partial charge >= 0.3 is 0 Å². The molecule has 1 aromatic carbocycles. The van der Waals surface area contributed by atoms with Crippen molar-refractivity contribution in [1.82, 2.24) is 14.8 Å². The summed E-state index contributed by atoms with van der Waals surface area (Å²) in [4.78, 5) is 19.6. The fourth-order valence-electron chi connectivity index (χ4n) is 3.51. The minimum absolute atomic E-state index is 0.103. The fraction of sp³-hybridized carbons (Fsp3) is 0.318. The number of hydrogen-bond donors (Lipinski definition) is 1. The van der Waals surface area contributed by atoms with Crippen molar-refractivity contribution in [3.05, 3.63) is 65.1 Å². The Kier molecular flexibility index (Phi) is 6.01. The molecule has 1 aliphatic rings. The van der Waals surface area contributed by atoms with Crippen LogP contribution in [0.2, 0.25) is 5.02 Å². The number of morpholine rings is 1. The third-order valence-corrected chi connectivity index (χ3v) is 5.26. The zero-order valence-electron chi connectivity index (χ0n) is 17.0. The van der Waals surface area contributed by atoms with Crippen molar-refractivity contribution in [1.29, 1.82) is 0 Å². The molecule has 2 aromatic heterocycles. The van der Waals surface area contributed by atoms with Crippen LogP contribution in [0.4, 0.5) is 11.5 Å². The summed E-state index contributed by atoms with van der Waals surface area (Å²) in [6, 6.07) is 11.2. The van der Waals surface area contributed by atoms with Crippen LogP contribution >= 0.6 is 11.6 Å². The fourth-order valence-corrected chi connectivity index (χ4v) is 3.64. The Labute approximate surface area is 180 Å². The highest BCUT2D eigenvalue weighted by Crippen LogP contribution is 2.25. The van der Waals surface area contributed by atoms with E-state index in [1.807, 2.05) is 50.2 Å². The molecule has 0 saturated carbocycles. The predicted octanol–water partition coefficient (Wildman–Crippen LogP) is 4.13. The average Bonchev–Trinajstić information content (AvgIpc) is 3.21. The number of aromatic nitrogens is 3. The molecule has 0 radical (unpaired) electrons. The van der Waals surface area contributed by atoms with E-state index in [0.717, 1.165) is 30.3 Å². The number of nitrogens with zero attached hydrogens (tertiary/aromatic N) is 4. The molecule has 1 amide bonds. The van der Waals surface area contributed by atoms with Crippen LogP contribution in [0.3, 0.4) is 0 Å². The van der Waals surface area contributed by atoms with Crippen LogP contribution in [0, 0.1) is 0 Å². The van der Waals surface area contributed by atoms with Crippen LogP contribution in [0.25, 0.3) is 5.69 Å². The van der Waals surface area contributed by atoms with E-state index in [1.165, 1.54) is 0 Å². The van der Waals surface area contributed by atoms with Crippen molar-refractivity contribution in [3.8, 4) is 5.69 Å². The van der Waals surface area contributed by atoms with E-state index in [9.17, 15) is 4.79 Å². The monoisotopic (exact) mass is 425 g/mol. The molecule has 1 N–H and O–H groups in total. The first-order valence-electron chi connectivity index (χ1n) is 9.97. The Bertz CT molecular complexity index is 1010. The number of hydrogen-bond acceptors (Lipinski definition) is 5. The van der Waals surface area contributed by atoms with E-state index < -0.39 is 0 Å². The smallest absolute Gasteiger partial charge is 0.259 e. The van der Waals surface area contributed by atoms with Crippen molar-refractivity contribution in [2.75, 3.05) is 36.5 Å². The molecule has 0 unspecified atom stereocenters. The van der Waals surface area contributed by atoms with E-state index >= 15 is 0 Å². The molecular weight excluding hydrogens is 402 g/mol. The minimum atomic E-state index is -0.208. The third kappa shape index (κ3) is 4.32. The summed E-state index contributed by atoms with van der Waals surface area (Å²) in [6.45, 7) is 7.13. The maximum atomic E-state index is 13.0. The van der Waals surface area contributed by atoms with Gasteiger partial charge in [0.05, 0.1) is 48.2 Å². The van der Waals surface area contributed by atoms with E-state index in [4.69, 9.17) is 16.3 Å². The number of amides is 1. The van der Waals surface area contributed by atoms with E-state index in [2.05, 4.69) is 20.3 Å². The van der Waals surface area contributed by atoms with Gasteiger partial charge in [0.1, 0.15) is 5.82 Å². The van der Waals surface area contributed by atoms with E-state index in [0.29, 0.717) is 29.5 Å². The summed E-state index contributed by atoms with van der Waals surface area (Å²) in [6.07, 6.45) is 3.29. The lowest BCUT2D eigenvalue weighted by Gasteiger charge is -2.27. The summed E-state index contributed by atoms with van der Waals surface area (Å²) in [5.41, 5.74) is 2.88. The van der Waals surface area contributed by atoms with E-state index in [-0.39, 0.29) is 11.8 Å². The van der Waals surface area contributed by atoms with Crippen LogP contribution < -0.4 is 10.2 Å². The quantitative estimate of drug-likeness (QED) is 0.665. The van der Waals surface area contributed by atoms with Gasteiger partial charge in [-0.15, -0.1) is 0 Å². The zero-order valence-corrected chi connectivity index (χ0v) is 17.8. The second-order valence-electron chi connectivity index (χ2n) is 7.45. The molecule has 3 aromatic rings. The number of carbonyl (C=O) groups excluding carboxylic acids is 1. The molecule has 0 atom stereocenters. The average molecular weight is 426 g/mol. The number of nitrogens with one attached hydrogen (secondary N) is 1. The lowest BCUT2D eigenvalue weighted by Crippen LogP contribution is -2.36. The molecule has 1 aliphatic heterocycles. The van der Waals surface area contributed by atoms with Crippen molar-refractivity contribution in [3.63, 3.8) is 0 Å². The van der Waals surface area contributed by atoms with E-state index in [1.54, 1.807) is 17.1 Å². The number of halogens is 1. The Hall–Kier alpha value is -2.90. The van der Waals surface area contributed by atoms with Crippen molar-refractivity contribution < 1.29 is 9.53 Å². The highest BCUT2D eigenvalue weighted by atomic mass is 35.5. The van der Waals surface area contributed by atoms with Gasteiger partial charge in [0.2, 0.25) is 0 Å². The highest BCUT2D eigenvalue weighted by Gasteiger charge is 2.21. The van der Waals surface area contributed by atoms with Crippen LogP contribution in [0.1, 0.15) is 35.8 Å². The standard InChI is InChI=1S/C22H24ClN5O2/c1-15(2)21-19(14-25-28(21)18-6-3-16(23)4-7-18)22(29)26-17-5-8-20(24-13-17)27-9-11-30-12-10-27/h3-8,13-15H,9-12H2,1-2H3,(H,26,29). The molecule has 1 saturated heterocycles. The number of pyridine rings is 1. The largest absolute Gasteiger partial charge is 0.378 e. The Balaban J connectivity index is 1.54. The summed E-state index contributed by atoms with van der Waals surface area (Å²) < 4.78 is 7.16. The molecule has 8 heteroatoms. The molecular formula is C22H24ClN5O2. The summed E-state index contributed by atoms with van der Waals surface area (Å²) >= 11 is 6.00. The molecule has 1 fully saturated rings. The SMILES string of the molecule is CC(C)c1c(C(=O)Nc2ccc(N3CCOCC3)nc2)cnn1-c1ccc(Cl)cc1. The molecule has 0 spiro atoms. The van der Waals surface area contributed by atoms with Gasteiger partial charge in [0.25, 0.3) is 5.91 Å². The molecule has 0 aliphatic carbocycles. The molecule has 7 nitrogen and oxygen atoms in total. The number of anilines is 2. The molecule has 4 rings (SSSR count). The summed E-state index contributed by atoms with van der Waals surface area (Å²) in [7, 11) is 0. The Morgan fingerprint density at radius 1 is 1.10 bits per heavy atom. The predicted molar refractivity (Wildman–Crippen MR) is 118 cm³/mol. The normalized spacial score (nSPS) is 14.2. The van der Waals surface area contributed by atoms with Crippen LogP contribution in [-0.4, -0.2) is 47.0 Å². The van der Waals surface area contributed by atoms with Gasteiger partial charge in [-0.05, 0) is 42.3 Å².